The van der Waals surface area contributed by atoms with Crippen molar-refractivity contribution in [3.63, 3.8) is 0 Å². The standard InChI is InChI=1S/C25H12BrNO2/c26-14-7-5-6-13(12-14)19-20-22(15-8-1-3-10-17(15)24(20)28)27-23-16-9-2-4-11-18(16)25(29)21(19)23/h1-12H. The lowest BCUT2D eigenvalue weighted by Crippen LogP contribution is -2.02. The maximum absolute atomic E-state index is 13.4. The Bertz CT molecular complexity index is 1610. The highest BCUT2D eigenvalue weighted by atomic mass is 79.9. The molecule has 3 nitrogen and oxygen atoms in total. The molecule has 0 N–H and O–H groups in total. The van der Waals surface area contributed by atoms with Crippen molar-refractivity contribution in [2.75, 3.05) is 0 Å². The van der Waals surface area contributed by atoms with Crippen molar-refractivity contribution < 1.29 is 0 Å². The van der Waals surface area contributed by atoms with E-state index in [1.807, 2.05) is 72.8 Å². The first-order chi connectivity index (χ1) is 14.1. The van der Waals surface area contributed by atoms with Crippen molar-refractivity contribution in [3.8, 4) is 11.1 Å². The van der Waals surface area contributed by atoms with E-state index in [4.69, 9.17) is 4.98 Å². The lowest BCUT2D eigenvalue weighted by molar-refractivity contribution is 1.54. The van der Waals surface area contributed by atoms with Crippen LogP contribution >= 0.6 is 15.9 Å². The molecule has 0 radical (unpaired) electrons. The van der Waals surface area contributed by atoms with Gasteiger partial charge >= 0.3 is 0 Å². The zero-order valence-electron chi connectivity index (χ0n) is 15.1. The summed E-state index contributed by atoms with van der Waals surface area (Å²) in [5.74, 6) is 0. The first kappa shape index (κ1) is 16.6. The minimum Gasteiger partial charge on any atom is -0.288 e. The average molecular weight is 438 g/mol. The van der Waals surface area contributed by atoms with Gasteiger partial charge in [-0.25, -0.2) is 4.98 Å². The van der Waals surface area contributed by atoms with Crippen LogP contribution in [0.25, 0.3) is 54.5 Å². The highest BCUT2D eigenvalue weighted by molar-refractivity contribution is 9.10. The number of nitrogens with zero attached hydrogens (tertiary/aromatic N) is 1. The molecular formula is C25H12BrNO2. The third-order valence-corrected chi connectivity index (χ3v) is 6.11. The fraction of sp³-hybridized carbons (Fsp3) is 0. The van der Waals surface area contributed by atoms with Crippen LogP contribution in [0.15, 0.2) is 86.9 Å². The second-order valence-corrected chi connectivity index (χ2v) is 8.11. The van der Waals surface area contributed by atoms with Gasteiger partial charge in [0.15, 0.2) is 10.9 Å². The molecule has 0 aliphatic heterocycles. The first-order valence-corrected chi connectivity index (χ1v) is 10.1. The van der Waals surface area contributed by atoms with Gasteiger partial charge in [-0.1, -0.05) is 76.6 Å². The zero-order valence-corrected chi connectivity index (χ0v) is 16.7. The molecule has 4 heteroatoms. The molecule has 136 valence electrons. The van der Waals surface area contributed by atoms with E-state index in [9.17, 15) is 9.59 Å². The molecule has 29 heavy (non-hydrogen) atoms. The summed E-state index contributed by atoms with van der Waals surface area (Å²) in [6.45, 7) is 0. The minimum atomic E-state index is -0.0790. The normalized spacial score (nSPS) is 11.9. The molecule has 0 bridgehead atoms. The summed E-state index contributed by atoms with van der Waals surface area (Å²) in [6.07, 6.45) is 0. The molecule has 1 aromatic heterocycles. The molecule has 0 unspecified atom stereocenters. The molecule has 0 saturated heterocycles. The fourth-order valence-electron chi connectivity index (χ4n) is 4.39. The Hall–Kier alpha value is -3.37. The largest absolute Gasteiger partial charge is 0.288 e. The Morgan fingerprint density at radius 3 is 1.66 bits per heavy atom. The summed E-state index contributed by atoms with van der Waals surface area (Å²) >= 11 is 3.52. The van der Waals surface area contributed by atoms with Crippen molar-refractivity contribution in [1.82, 2.24) is 4.98 Å². The zero-order chi connectivity index (χ0) is 19.7. The summed E-state index contributed by atoms with van der Waals surface area (Å²) in [4.78, 5) is 31.6. The van der Waals surface area contributed by atoms with E-state index < -0.39 is 0 Å². The molecule has 0 atom stereocenters. The summed E-state index contributed by atoms with van der Waals surface area (Å²) in [6, 6.07) is 22.8. The van der Waals surface area contributed by atoms with E-state index in [1.165, 1.54) is 0 Å². The Balaban J connectivity index is 2.00. The van der Waals surface area contributed by atoms with Gasteiger partial charge in [0.1, 0.15) is 0 Å². The summed E-state index contributed by atoms with van der Waals surface area (Å²) < 4.78 is 0.889. The monoisotopic (exact) mass is 437 g/mol. The lowest BCUT2D eigenvalue weighted by atomic mass is 9.99. The smallest absolute Gasteiger partial charge is 0.196 e. The van der Waals surface area contributed by atoms with Gasteiger partial charge in [0, 0.05) is 31.6 Å². The highest BCUT2D eigenvalue weighted by Gasteiger charge is 2.23. The number of benzene rings is 3. The predicted molar refractivity (Wildman–Crippen MR) is 122 cm³/mol. The van der Waals surface area contributed by atoms with Crippen molar-refractivity contribution in [2.45, 2.75) is 0 Å². The van der Waals surface area contributed by atoms with Gasteiger partial charge in [-0.05, 0) is 17.7 Å². The van der Waals surface area contributed by atoms with Gasteiger partial charge in [0.25, 0.3) is 0 Å². The van der Waals surface area contributed by atoms with Gasteiger partial charge in [-0.3, -0.25) is 9.59 Å². The van der Waals surface area contributed by atoms with E-state index in [0.29, 0.717) is 38.1 Å². The van der Waals surface area contributed by atoms with Crippen LogP contribution in [0.4, 0.5) is 0 Å². The summed E-state index contributed by atoms with van der Waals surface area (Å²) in [7, 11) is 0. The van der Waals surface area contributed by atoms with Crippen molar-refractivity contribution in [3.05, 3.63) is 97.7 Å². The Morgan fingerprint density at radius 2 is 1.14 bits per heavy atom. The van der Waals surface area contributed by atoms with E-state index >= 15 is 0 Å². The second kappa shape index (κ2) is 5.82. The Morgan fingerprint density at radius 1 is 0.621 bits per heavy atom. The van der Waals surface area contributed by atoms with Crippen molar-refractivity contribution in [1.29, 1.82) is 0 Å². The van der Waals surface area contributed by atoms with Crippen LogP contribution in [-0.4, -0.2) is 4.98 Å². The van der Waals surface area contributed by atoms with Crippen LogP contribution in [0.5, 0.6) is 0 Å². The number of halogens is 1. The third kappa shape index (κ3) is 2.15. The molecule has 0 spiro atoms. The molecule has 6 rings (SSSR count). The van der Waals surface area contributed by atoms with Gasteiger partial charge in [-0.2, -0.15) is 0 Å². The SMILES string of the molecule is O=c1c2ccccc2c2nc3c(c(-c4cccc(Br)c4)c12)c(=O)c1ccccc13. The molecule has 0 fully saturated rings. The molecule has 6 aromatic rings. The highest BCUT2D eigenvalue weighted by Crippen LogP contribution is 2.38. The quantitative estimate of drug-likeness (QED) is 0.330. The van der Waals surface area contributed by atoms with Crippen LogP contribution in [-0.2, 0) is 0 Å². The van der Waals surface area contributed by atoms with Crippen LogP contribution in [0.1, 0.15) is 0 Å². The molecule has 1 heterocycles. The predicted octanol–water partition coefficient (Wildman–Crippen LogP) is 5.72. The number of rotatable bonds is 1. The van der Waals surface area contributed by atoms with E-state index in [-0.39, 0.29) is 10.9 Å². The number of hydrogen-bond acceptors (Lipinski definition) is 3. The van der Waals surface area contributed by atoms with Crippen molar-refractivity contribution in [2.24, 2.45) is 0 Å². The summed E-state index contributed by atoms with van der Waals surface area (Å²) in [5, 5.41) is 3.95. The van der Waals surface area contributed by atoms with E-state index in [0.717, 1.165) is 20.8 Å². The van der Waals surface area contributed by atoms with E-state index in [1.54, 1.807) is 0 Å². The molecule has 0 aliphatic carbocycles. The van der Waals surface area contributed by atoms with Gasteiger partial charge in [0.2, 0.25) is 0 Å². The number of hydrogen-bond donors (Lipinski definition) is 0. The lowest BCUT2D eigenvalue weighted by Gasteiger charge is -2.07. The third-order valence-electron chi connectivity index (χ3n) is 5.62. The van der Waals surface area contributed by atoms with Crippen molar-refractivity contribution >= 4 is 59.3 Å². The number of aromatic nitrogens is 1. The van der Waals surface area contributed by atoms with Crippen LogP contribution < -0.4 is 10.9 Å². The second-order valence-electron chi connectivity index (χ2n) is 7.19. The number of fused-ring (bicyclic) bond motifs is 6. The van der Waals surface area contributed by atoms with Gasteiger partial charge < -0.3 is 0 Å². The van der Waals surface area contributed by atoms with Crippen LogP contribution in [0.3, 0.4) is 0 Å². The number of pyridine rings is 1. The van der Waals surface area contributed by atoms with Crippen LogP contribution in [0, 0.1) is 0 Å². The fourth-order valence-corrected chi connectivity index (χ4v) is 4.79. The molecular weight excluding hydrogens is 426 g/mol. The summed E-state index contributed by atoms with van der Waals surface area (Å²) in [5.41, 5.74) is 2.66. The molecule has 5 aromatic carbocycles. The molecule has 0 aliphatic rings. The maximum atomic E-state index is 13.4. The van der Waals surface area contributed by atoms with Gasteiger partial charge in [-0.15, -0.1) is 0 Å². The first-order valence-electron chi connectivity index (χ1n) is 9.27. The van der Waals surface area contributed by atoms with Crippen LogP contribution in [0.2, 0.25) is 0 Å². The minimum absolute atomic E-state index is 0.0790. The Kier molecular flexibility index (Phi) is 3.32. The maximum Gasteiger partial charge on any atom is 0.196 e. The van der Waals surface area contributed by atoms with E-state index in [2.05, 4.69) is 15.9 Å². The molecule has 0 saturated carbocycles. The Labute approximate surface area is 173 Å². The van der Waals surface area contributed by atoms with Gasteiger partial charge in [0.05, 0.1) is 21.8 Å². The molecule has 0 amide bonds. The topological polar surface area (TPSA) is 47.0 Å². The average Bonchev–Trinajstić information content (AvgIpc) is 3.20.